The normalized spacial score (nSPS) is 10.9. The zero-order valence-corrected chi connectivity index (χ0v) is 10.4. The molecule has 3 rings (SSSR count). The van der Waals surface area contributed by atoms with Gasteiger partial charge in [-0.05, 0) is 22.4 Å². The third-order valence-electron chi connectivity index (χ3n) is 2.86. The molecule has 0 saturated carbocycles. The molecule has 90 valence electrons. The van der Waals surface area contributed by atoms with Gasteiger partial charge in [-0.15, -0.1) is 11.3 Å². The maximum absolute atomic E-state index is 5.85. The van der Waals surface area contributed by atoms with E-state index in [-0.39, 0.29) is 5.95 Å². The fraction of sp³-hybridized carbons (Fsp3) is 0.0769. The van der Waals surface area contributed by atoms with Crippen molar-refractivity contribution in [3.8, 4) is 0 Å². The molecule has 0 aliphatic carbocycles. The van der Waals surface area contributed by atoms with Crippen molar-refractivity contribution >= 4 is 33.2 Å². The average molecular weight is 256 g/mol. The molecule has 0 bridgehead atoms. The van der Waals surface area contributed by atoms with Gasteiger partial charge in [0, 0.05) is 22.9 Å². The maximum Gasteiger partial charge on any atom is 0.221 e. The number of anilines is 2. The summed E-state index contributed by atoms with van der Waals surface area (Å²) in [5, 5.41) is 3.42. The summed E-state index contributed by atoms with van der Waals surface area (Å²) in [6.07, 6.45) is 2.43. The summed E-state index contributed by atoms with van der Waals surface area (Å²) in [4.78, 5) is 7.97. The van der Waals surface area contributed by atoms with Crippen molar-refractivity contribution in [3.05, 3.63) is 47.0 Å². The number of hydrogen-bond donors (Lipinski definition) is 2. The SMILES string of the molecule is Nc1ncc(Cc2csc3ccccc23)c(N)n1. The smallest absolute Gasteiger partial charge is 0.221 e. The van der Waals surface area contributed by atoms with Gasteiger partial charge in [0.2, 0.25) is 5.95 Å². The highest BCUT2D eigenvalue weighted by Gasteiger charge is 2.08. The first-order valence-electron chi connectivity index (χ1n) is 5.56. The first kappa shape index (κ1) is 11.0. The molecule has 0 radical (unpaired) electrons. The van der Waals surface area contributed by atoms with Crippen molar-refractivity contribution in [2.45, 2.75) is 6.42 Å². The second-order valence-corrected chi connectivity index (χ2v) is 4.98. The molecule has 2 heterocycles. The highest BCUT2D eigenvalue weighted by Crippen LogP contribution is 2.28. The van der Waals surface area contributed by atoms with Gasteiger partial charge in [0.1, 0.15) is 5.82 Å². The molecule has 0 saturated heterocycles. The Labute approximate surface area is 108 Å². The van der Waals surface area contributed by atoms with Crippen molar-refractivity contribution in [3.63, 3.8) is 0 Å². The molecule has 0 amide bonds. The quantitative estimate of drug-likeness (QED) is 0.738. The number of hydrogen-bond acceptors (Lipinski definition) is 5. The van der Waals surface area contributed by atoms with Gasteiger partial charge in [-0.25, -0.2) is 4.98 Å². The topological polar surface area (TPSA) is 77.8 Å². The molecule has 0 aliphatic rings. The fourth-order valence-corrected chi connectivity index (χ4v) is 2.91. The predicted octanol–water partition coefficient (Wildman–Crippen LogP) is 2.45. The number of nitrogen functional groups attached to an aromatic ring is 2. The molecule has 5 heteroatoms. The third-order valence-corrected chi connectivity index (χ3v) is 3.87. The van der Waals surface area contributed by atoms with E-state index >= 15 is 0 Å². The lowest BCUT2D eigenvalue weighted by Crippen LogP contribution is -2.03. The van der Waals surface area contributed by atoms with Crippen LogP contribution in [0.4, 0.5) is 11.8 Å². The first-order valence-corrected chi connectivity index (χ1v) is 6.44. The van der Waals surface area contributed by atoms with Crippen LogP contribution in [-0.4, -0.2) is 9.97 Å². The maximum atomic E-state index is 5.85. The summed E-state index contributed by atoms with van der Waals surface area (Å²) in [5.41, 5.74) is 13.5. The van der Waals surface area contributed by atoms with Crippen LogP contribution in [0, 0.1) is 0 Å². The number of fused-ring (bicyclic) bond motifs is 1. The minimum atomic E-state index is 0.214. The van der Waals surface area contributed by atoms with E-state index in [1.807, 2.05) is 12.1 Å². The van der Waals surface area contributed by atoms with Gasteiger partial charge in [0.15, 0.2) is 0 Å². The Morgan fingerprint density at radius 2 is 1.94 bits per heavy atom. The summed E-state index contributed by atoms with van der Waals surface area (Å²) in [6, 6.07) is 8.33. The summed E-state index contributed by atoms with van der Waals surface area (Å²) in [6.45, 7) is 0. The van der Waals surface area contributed by atoms with E-state index in [0.29, 0.717) is 5.82 Å². The van der Waals surface area contributed by atoms with Gasteiger partial charge in [-0.1, -0.05) is 18.2 Å². The number of nitrogens with zero attached hydrogens (tertiary/aromatic N) is 2. The van der Waals surface area contributed by atoms with E-state index < -0.39 is 0 Å². The Hall–Kier alpha value is -2.14. The molecule has 0 atom stereocenters. The number of rotatable bonds is 2. The van der Waals surface area contributed by atoms with Crippen LogP contribution in [0.15, 0.2) is 35.8 Å². The molecule has 3 aromatic rings. The average Bonchev–Trinajstić information content (AvgIpc) is 2.76. The summed E-state index contributed by atoms with van der Waals surface area (Å²) < 4.78 is 1.28. The second kappa shape index (κ2) is 4.27. The van der Waals surface area contributed by atoms with Crippen LogP contribution < -0.4 is 11.5 Å². The standard InChI is InChI=1S/C13H12N4S/c14-12-8(6-16-13(15)17-12)5-9-7-18-11-4-2-1-3-10(9)11/h1-4,6-7H,5H2,(H4,14,15,16,17). The third kappa shape index (κ3) is 1.89. The predicted molar refractivity (Wildman–Crippen MR) is 75.5 cm³/mol. The van der Waals surface area contributed by atoms with Gasteiger partial charge in [-0.2, -0.15) is 4.98 Å². The van der Waals surface area contributed by atoms with Crippen molar-refractivity contribution in [2.24, 2.45) is 0 Å². The second-order valence-electron chi connectivity index (χ2n) is 4.07. The molecule has 18 heavy (non-hydrogen) atoms. The van der Waals surface area contributed by atoms with Crippen molar-refractivity contribution < 1.29 is 0 Å². The summed E-state index contributed by atoms with van der Waals surface area (Å²) in [7, 11) is 0. The van der Waals surface area contributed by atoms with Crippen LogP contribution in [0.25, 0.3) is 10.1 Å². The van der Waals surface area contributed by atoms with Crippen LogP contribution in [0.1, 0.15) is 11.1 Å². The Morgan fingerprint density at radius 3 is 2.78 bits per heavy atom. The van der Waals surface area contributed by atoms with Gasteiger partial charge in [-0.3, -0.25) is 0 Å². The van der Waals surface area contributed by atoms with E-state index in [0.717, 1.165) is 12.0 Å². The van der Waals surface area contributed by atoms with Crippen molar-refractivity contribution in [2.75, 3.05) is 11.5 Å². The number of aromatic nitrogens is 2. The molecule has 0 aliphatic heterocycles. The zero-order chi connectivity index (χ0) is 12.5. The molecular weight excluding hydrogens is 244 g/mol. The lowest BCUT2D eigenvalue weighted by Gasteiger charge is -2.04. The number of thiophene rings is 1. The lowest BCUT2D eigenvalue weighted by atomic mass is 10.1. The molecule has 0 unspecified atom stereocenters. The van der Waals surface area contributed by atoms with Crippen LogP contribution in [0.3, 0.4) is 0 Å². The molecular formula is C13H12N4S. The number of nitrogens with two attached hydrogens (primary N) is 2. The summed E-state index contributed by atoms with van der Waals surface area (Å²) >= 11 is 1.74. The van der Waals surface area contributed by atoms with E-state index in [2.05, 4.69) is 27.5 Å². The minimum Gasteiger partial charge on any atom is -0.383 e. The van der Waals surface area contributed by atoms with Crippen molar-refractivity contribution in [1.29, 1.82) is 0 Å². The Morgan fingerprint density at radius 1 is 1.11 bits per heavy atom. The molecule has 4 nitrogen and oxygen atoms in total. The monoisotopic (exact) mass is 256 g/mol. The molecule has 0 fully saturated rings. The molecule has 4 N–H and O–H groups in total. The largest absolute Gasteiger partial charge is 0.383 e. The van der Waals surface area contributed by atoms with Crippen molar-refractivity contribution in [1.82, 2.24) is 9.97 Å². The summed E-state index contributed by atoms with van der Waals surface area (Å²) in [5.74, 6) is 0.671. The highest BCUT2D eigenvalue weighted by atomic mass is 32.1. The Bertz CT molecular complexity index is 705. The van der Waals surface area contributed by atoms with Crippen LogP contribution in [-0.2, 0) is 6.42 Å². The van der Waals surface area contributed by atoms with Gasteiger partial charge < -0.3 is 11.5 Å². The Kier molecular flexibility index (Phi) is 2.60. The highest BCUT2D eigenvalue weighted by molar-refractivity contribution is 7.17. The van der Waals surface area contributed by atoms with E-state index in [9.17, 15) is 0 Å². The molecule has 0 spiro atoms. The zero-order valence-electron chi connectivity index (χ0n) is 9.63. The number of benzene rings is 1. The first-order chi connectivity index (χ1) is 8.74. The minimum absolute atomic E-state index is 0.214. The molecule has 2 aromatic heterocycles. The van der Waals surface area contributed by atoms with E-state index in [1.165, 1.54) is 15.6 Å². The molecule has 1 aromatic carbocycles. The Balaban J connectivity index is 2.01. The lowest BCUT2D eigenvalue weighted by molar-refractivity contribution is 1.10. The van der Waals surface area contributed by atoms with Gasteiger partial charge >= 0.3 is 0 Å². The van der Waals surface area contributed by atoms with Crippen LogP contribution in [0.5, 0.6) is 0 Å². The fourth-order valence-electron chi connectivity index (χ4n) is 1.95. The van der Waals surface area contributed by atoms with E-state index in [1.54, 1.807) is 17.5 Å². The van der Waals surface area contributed by atoms with Crippen LogP contribution >= 0.6 is 11.3 Å². The van der Waals surface area contributed by atoms with Gasteiger partial charge in [0.25, 0.3) is 0 Å². The van der Waals surface area contributed by atoms with Crippen LogP contribution in [0.2, 0.25) is 0 Å². The van der Waals surface area contributed by atoms with E-state index in [4.69, 9.17) is 11.5 Å². The van der Waals surface area contributed by atoms with Gasteiger partial charge in [0.05, 0.1) is 0 Å².